The van der Waals surface area contributed by atoms with E-state index in [1.807, 2.05) is 0 Å². The summed E-state index contributed by atoms with van der Waals surface area (Å²) in [6.45, 7) is 0.738. The predicted octanol–water partition coefficient (Wildman–Crippen LogP) is -1.61. The van der Waals surface area contributed by atoms with Gasteiger partial charge in [-0.3, -0.25) is 4.98 Å². The number of fused-ring (bicyclic) bond motifs is 1. The summed E-state index contributed by atoms with van der Waals surface area (Å²) in [5.41, 5.74) is 1.71. The fourth-order valence-corrected chi connectivity index (χ4v) is 7.15. The second-order valence-electron chi connectivity index (χ2n) is 8.97. The minimum atomic E-state index is -4.57. The molecule has 5 rings (SSSR count). The van der Waals surface area contributed by atoms with E-state index in [0.29, 0.717) is 26.7 Å². The van der Waals surface area contributed by atoms with Crippen molar-refractivity contribution in [2.24, 2.45) is 0 Å². The maximum atomic E-state index is 14.0. The summed E-state index contributed by atoms with van der Waals surface area (Å²) < 4.78 is 70.4. The zero-order valence-corrected chi connectivity index (χ0v) is 26.9. The number of nitrogens with zero attached hydrogens (tertiary/aromatic N) is 4. The zero-order chi connectivity index (χ0) is 30.1. The van der Waals surface area contributed by atoms with E-state index in [1.54, 1.807) is 48.1 Å². The van der Waals surface area contributed by atoms with Gasteiger partial charge >= 0.3 is 29.6 Å². The third-order valence-electron chi connectivity index (χ3n) is 6.34. The minimum absolute atomic E-state index is 0. The molecule has 0 saturated carbocycles. The fourth-order valence-electron chi connectivity index (χ4n) is 4.23. The van der Waals surface area contributed by atoms with Crippen molar-refractivity contribution in [1.29, 1.82) is 0 Å². The molecule has 0 fully saturated rings. The van der Waals surface area contributed by atoms with Crippen molar-refractivity contribution in [3.8, 4) is 17.2 Å². The van der Waals surface area contributed by atoms with Crippen molar-refractivity contribution in [2.75, 3.05) is 13.7 Å². The van der Waals surface area contributed by atoms with Gasteiger partial charge in [0.15, 0.2) is 0 Å². The Balaban J connectivity index is 0.00000423. The van der Waals surface area contributed by atoms with E-state index in [-0.39, 0.29) is 57.8 Å². The number of nitrogens with one attached hydrogen (secondary N) is 1. The number of ether oxygens (including phenoxy) is 2. The van der Waals surface area contributed by atoms with Crippen LogP contribution in [-0.4, -0.2) is 55.0 Å². The van der Waals surface area contributed by atoms with Crippen LogP contribution in [0.1, 0.15) is 11.3 Å². The van der Waals surface area contributed by atoms with E-state index in [2.05, 4.69) is 14.7 Å². The zero-order valence-electron chi connectivity index (χ0n) is 23.3. The van der Waals surface area contributed by atoms with Crippen LogP contribution in [0.5, 0.6) is 11.5 Å². The Morgan fingerprint density at radius 1 is 1.02 bits per heavy atom. The first-order chi connectivity index (χ1) is 20.0. The second-order valence-corrected chi connectivity index (χ2v) is 12.4. The Morgan fingerprint density at radius 3 is 2.37 bits per heavy atom. The van der Waals surface area contributed by atoms with Gasteiger partial charge in [-0.15, -0.1) is 0 Å². The quantitative estimate of drug-likeness (QED) is 0.167. The number of aromatic nitrogens is 4. The Hall–Kier alpha value is -3.73. The Bertz CT molecular complexity index is 1990. The number of methoxy groups -OCH3 is 1. The first-order valence-corrected chi connectivity index (χ1v) is 15.3. The Labute approximate surface area is 269 Å². The molecule has 0 aliphatic heterocycles. The molecule has 0 bridgehead atoms. The van der Waals surface area contributed by atoms with E-state index in [1.165, 1.54) is 49.7 Å². The summed E-state index contributed by atoms with van der Waals surface area (Å²) in [5.74, 6) is -0.852. The maximum absolute atomic E-state index is 14.0. The predicted molar refractivity (Wildman–Crippen MR) is 148 cm³/mol. The van der Waals surface area contributed by atoms with Crippen LogP contribution in [0.4, 0.5) is 0 Å². The maximum Gasteiger partial charge on any atom is 1.00 e. The van der Waals surface area contributed by atoms with Crippen LogP contribution in [0.15, 0.2) is 89.3 Å². The molecule has 16 heteroatoms. The number of rotatable bonds is 11. The summed E-state index contributed by atoms with van der Waals surface area (Å²) in [4.78, 5) is 18.8. The molecule has 13 nitrogen and oxygen atoms in total. The molecular formula is C27H24N5NaO8S2. The smallest absolute Gasteiger partial charge is 0.546 e. The SMILES string of the molecule is COc1ccnc(CNS(=O)(=O)c2nc3ccc(-n4cccc4)cc3n2S(=O)(=O)c2ccc(OCC(=O)[O-])cc2)c1C.[Na+]. The number of carbonyl (C=O) groups is 1. The van der Waals surface area contributed by atoms with Crippen LogP contribution in [0, 0.1) is 6.92 Å². The molecule has 0 aliphatic rings. The molecule has 218 valence electrons. The minimum Gasteiger partial charge on any atom is -0.546 e. The van der Waals surface area contributed by atoms with Crippen molar-refractivity contribution < 1.29 is 65.8 Å². The molecule has 43 heavy (non-hydrogen) atoms. The molecule has 3 heterocycles. The number of imidazole rings is 1. The third kappa shape index (κ3) is 6.61. The largest absolute Gasteiger partial charge is 1.00 e. The normalized spacial score (nSPS) is 11.7. The fraction of sp³-hybridized carbons (Fsp3) is 0.148. The summed E-state index contributed by atoms with van der Waals surface area (Å²) in [7, 11) is -7.62. The second kappa shape index (κ2) is 12.9. The summed E-state index contributed by atoms with van der Waals surface area (Å²) in [5, 5.41) is 9.95. The van der Waals surface area contributed by atoms with Gasteiger partial charge in [-0.05, 0) is 67.6 Å². The third-order valence-corrected chi connectivity index (χ3v) is 9.45. The average Bonchev–Trinajstić information content (AvgIpc) is 3.65. The van der Waals surface area contributed by atoms with Gasteiger partial charge in [0.1, 0.15) is 18.1 Å². The van der Waals surface area contributed by atoms with E-state index in [4.69, 9.17) is 9.47 Å². The van der Waals surface area contributed by atoms with Gasteiger partial charge in [-0.2, -0.15) is 0 Å². The van der Waals surface area contributed by atoms with Gasteiger partial charge in [0.25, 0.3) is 25.2 Å². The van der Waals surface area contributed by atoms with E-state index >= 15 is 0 Å². The van der Waals surface area contributed by atoms with Gasteiger partial charge < -0.3 is 23.9 Å². The molecular weight excluding hydrogens is 609 g/mol. The molecule has 5 aromatic rings. The molecule has 0 saturated heterocycles. The molecule has 0 atom stereocenters. The summed E-state index contributed by atoms with van der Waals surface area (Å²) in [6, 6.07) is 14.8. The average molecular weight is 634 g/mol. The van der Waals surface area contributed by atoms with Crippen molar-refractivity contribution in [3.05, 3.63) is 90.5 Å². The van der Waals surface area contributed by atoms with E-state index in [9.17, 15) is 26.7 Å². The Kier molecular flexibility index (Phi) is 9.63. The molecule has 2 aromatic carbocycles. The van der Waals surface area contributed by atoms with Gasteiger partial charge in [0.05, 0.1) is 41.2 Å². The van der Waals surface area contributed by atoms with Crippen molar-refractivity contribution in [1.82, 2.24) is 23.2 Å². The molecule has 1 N–H and O–H groups in total. The van der Waals surface area contributed by atoms with Crippen LogP contribution in [0.25, 0.3) is 16.7 Å². The first kappa shape index (κ1) is 32.2. The van der Waals surface area contributed by atoms with Crippen LogP contribution < -0.4 is 48.9 Å². The van der Waals surface area contributed by atoms with Crippen molar-refractivity contribution in [3.63, 3.8) is 0 Å². The van der Waals surface area contributed by atoms with Gasteiger partial charge in [0, 0.05) is 29.8 Å². The van der Waals surface area contributed by atoms with E-state index in [0.717, 1.165) is 0 Å². The number of carboxylic acid groups (broad SMARTS) is 1. The number of sulfonamides is 1. The number of hydrogen-bond donors (Lipinski definition) is 1. The van der Waals surface area contributed by atoms with Gasteiger partial charge in [-0.25, -0.2) is 30.5 Å². The molecule has 0 unspecified atom stereocenters. The number of carboxylic acids is 1. The van der Waals surface area contributed by atoms with Crippen LogP contribution in [0.2, 0.25) is 0 Å². The first-order valence-electron chi connectivity index (χ1n) is 12.3. The standard InChI is InChI=1S/C27H25N5O8S2.Na/c1-18-23(28-12-11-25(18)39-2)16-29-41(35,36)27-30-22-10-5-19(31-13-3-4-14-31)15-24(22)32(27)42(37,38)21-8-6-20(7-9-21)40-17-26(33)34;/h3-15,29H,16-17H2,1-2H3,(H,33,34);/q;+1/p-1. The van der Waals surface area contributed by atoms with Crippen LogP contribution in [0.3, 0.4) is 0 Å². The molecule has 0 radical (unpaired) electrons. The molecule has 0 spiro atoms. The molecule has 0 aliphatic carbocycles. The molecule has 0 amide bonds. The van der Waals surface area contributed by atoms with E-state index < -0.39 is 37.8 Å². The van der Waals surface area contributed by atoms with Gasteiger partial charge in [-0.1, -0.05) is 0 Å². The van der Waals surface area contributed by atoms with Crippen LogP contribution in [-0.2, 0) is 31.4 Å². The van der Waals surface area contributed by atoms with Crippen LogP contribution >= 0.6 is 0 Å². The van der Waals surface area contributed by atoms with Gasteiger partial charge in [0.2, 0.25) is 0 Å². The van der Waals surface area contributed by atoms with Crippen molar-refractivity contribution in [2.45, 2.75) is 23.5 Å². The Morgan fingerprint density at radius 2 is 1.72 bits per heavy atom. The number of aliphatic carboxylic acids is 1. The molecule has 3 aromatic heterocycles. The summed E-state index contributed by atoms with van der Waals surface area (Å²) in [6.07, 6.45) is 4.98. The summed E-state index contributed by atoms with van der Waals surface area (Å²) >= 11 is 0. The monoisotopic (exact) mass is 633 g/mol. The number of benzene rings is 2. The number of carbonyl (C=O) groups excluding carboxylic acids is 1. The number of pyridine rings is 1. The number of hydrogen-bond acceptors (Lipinski definition) is 10. The topological polar surface area (TPSA) is 175 Å². The van der Waals surface area contributed by atoms with Crippen molar-refractivity contribution >= 4 is 37.0 Å².